The maximum Gasteiger partial charge on any atom is 0.251 e. The van der Waals surface area contributed by atoms with Crippen molar-refractivity contribution in [1.29, 1.82) is 0 Å². The van der Waals surface area contributed by atoms with Crippen LogP contribution in [0.15, 0.2) is 48.2 Å². The maximum atomic E-state index is 13.7. The van der Waals surface area contributed by atoms with E-state index >= 15 is 0 Å². The van der Waals surface area contributed by atoms with Crippen LogP contribution in [-0.4, -0.2) is 28.6 Å². The predicted molar refractivity (Wildman–Crippen MR) is 160 cm³/mol. The Hall–Kier alpha value is -3.62. The molecule has 3 aromatic rings. The van der Waals surface area contributed by atoms with Crippen LogP contribution in [0.3, 0.4) is 0 Å². The second kappa shape index (κ2) is 11.3. The number of benzene rings is 2. The summed E-state index contributed by atoms with van der Waals surface area (Å²) in [5, 5.41) is 14.3. The highest BCUT2D eigenvalue weighted by Gasteiger charge is 2.36. The number of aromatic nitrogens is 1. The van der Waals surface area contributed by atoms with Gasteiger partial charge in [0.05, 0.1) is 28.1 Å². The molecular weight excluding hydrogens is 543 g/mol. The van der Waals surface area contributed by atoms with Gasteiger partial charge in [-0.1, -0.05) is 11.6 Å². The molecule has 216 valence electrons. The van der Waals surface area contributed by atoms with Gasteiger partial charge in [0.1, 0.15) is 11.6 Å². The summed E-state index contributed by atoms with van der Waals surface area (Å²) in [6, 6.07) is 11.2. The molecule has 2 saturated carbocycles. The molecule has 2 fully saturated rings. The Morgan fingerprint density at radius 1 is 1.22 bits per heavy atom. The predicted octanol–water partition coefficient (Wildman–Crippen LogP) is 6.14. The van der Waals surface area contributed by atoms with E-state index in [1.165, 1.54) is 12.1 Å². The Bertz CT molecular complexity index is 1490. The number of carbonyl (C=O) groups excluding carboxylic acids is 1. The van der Waals surface area contributed by atoms with Gasteiger partial charge in [0.15, 0.2) is 0 Å². The number of hydrogen-bond acceptors (Lipinski definition) is 6. The Morgan fingerprint density at radius 2 is 1.90 bits per heavy atom. The third kappa shape index (κ3) is 6.82. The van der Waals surface area contributed by atoms with Crippen LogP contribution in [0.4, 0.5) is 10.1 Å². The van der Waals surface area contributed by atoms with Crippen LogP contribution in [0.5, 0.6) is 5.75 Å². The van der Waals surface area contributed by atoms with E-state index in [2.05, 4.69) is 5.32 Å². The first kappa shape index (κ1) is 28.9. The number of amides is 1. The van der Waals surface area contributed by atoms with Gasteiger partial charge in [-0.15, -0.1) is 0 Å². The highest BCUT2D eigenvalue weighted by molar-refractivity contribution is 6.34. The number of pyridine rings is 1. The van der Waals surface area contributed by atoms with Gasteiger partial charge in [-0.3, -0.25) is 9.78 Å². The molecule has 2 aliphatic rings. The molecule has 1 heterocycles. The number of rotatable bonds is 10. The Kier molecular flexibility index (Phi) is 7.99. The number of nitrogens with zero attached hydrogens (tertiary/aromatic N) is 1. The summed E-state index contributed by atoms with van der Waals surface area (Å²) in [4.78, 5) is 18.3. The molecule has 0 bridgehead atoms. The summed E-state index contributed by atoms with van der Waals surface area (Å²) < 4.78 is 19.6. The highest BCUT2D eigenvalue weighted by atomic mass is 35.5. The third-order valence-electron chi connectivity index (χ3n) is 7.45. The monoisotopic (exact) mass is 578 g/mol. The quantitative estimate of drug-likeness (QED) is 0.214. The largest absolute Gasteiger partial charge is 0.488 e. The fraction of sp³-hybridized carbons (Fsp3) is 0.375. The number of nitrogens with two attached hydrogens (primary N) is 2. The van der Waals surface area contributed by atoms with E-state index in [1.807, 2.05) is 6.07 Å². The van der Waals surface area contributed by atoms with Crippen LogP contribution in [0.1, 0.15) is 79.6 Å². The van der Waals surface area contributed by atoms with Crippen LogP contribution in [0.25, 0.3) is 17.3 Å². The average Bonchev–Trinajstić information content (AvgIpc) is 3.83. The molecule has 1 atom stereocenters. The van der Waals surface area contributed by atoms with Crippen molar-refractivity contribution in [3.63, 3.8) is 0 Å². The summed E-state index contributed by atoms with van der Waals surface area (Å²) >= 11 is 6.74. The molecule has 0 saturated heterocycles. The van der Waals surface area contributed by atoms with Crippen LogP contribution >= 0.6 is 11.6 Å². The fourth-order valence-electron chi connectivity index (χ4n) is 4.91. The van der Waals surface area contributed by atoms with E-state index in [0.717, 1.165) is 25.7 Å². The van der Waals surface area contributed by atoms with Gasteiger partial charge in [-0.2, -0.15) is 0 Å². The third-order valence-corrected chi connectivity index (χ3v) is 7.83. The minimum Gasteiger partial charge on any atom is -0.488 e. The normalized spacial score (nSPS) is 16.4. The van der Waals surface area contributed by atoms with Crippen molar-refractivity contribution in [3.05, 3.63) is 81.4 Å². The van der Waals surface area contributed by atoms with Crippen LogP contribution < -0.4 is 21.5 Å². The molecule has 6 N–H and O–H groups in total. The number of ether oxygens (including phenoxy) is 1. The summed E-state index contributed by atoms with van der Waals surface area (Å²) in [5.74, 6) is 0.0490. The van der Waals surface area contributed by atoms with Crippen molar-refractivity contribution in [3.8, 4) is 17.0 Å². The van der Waals surface area contributed by atoms with Crippen molar-refractivity contribution >= 4 is 29.3 Å². The number of nitrogens with one attached hydrogen (secondary N) is 1. The summed E-state index contributed by atoms with van der Waals surface area (Å²) in [7, 11) is 0. The first-order valence-electron chi connectivity index (χ1n) is 13.9. The molecule has 2 aromatic carbocycles. The molecule has 2 aliphatic carbocycles. The Morgan fingerprint density at radius 3 is 2.49 bits per heavy atom. The second-order valence-electron chi connectivity index (χ2n) is 11.7. The lowest BCUT2D eigenvalue weighted by Crippen LogP contribution is -2.30. The zero-order valence-corrected chi connectivity index (χ0v) is 24.3. The first-order chi connectivity index (χ1) is 19.4. The number of allylic oxidation sites excluding steroid dienone is 1. The molecule has 1 aromatic heterocycles. The molecule has 0 aliphatic heterocycles. The van der Waals surface area contributed by atoms with E-state index in [9.17, 15) is 14.3 Å². The van der Waals surface area contributed by atoms with Gasteiger partial charge in [-0.25, -0.2) is 4.39 Å². The molecule has 0 spiro atoms. The smallest absolute Gasteiger partial charge is 0.251 e. The van der Waals surface area contributed by atoms with Crippen LogP contribution in [-0.2, 0) is 5.60 Å². The number of nitrogen functional groups attached to an aromatic ring is 1. The Balaban J connectivity index is 1.46. The minimum atomic E-state index is -1.24. The summed E-state index contributed by atoms with van der Waals surface area (Å²) in [6.45, 7) is 5.42. The van der Waals surface area contributed by atoms with Crippen molar-refractivity contribution < 1.29 is 19.0 Å². The first-order valence-corrected chi connectivity index (χ1v) is 14.3. The Labute approximate surface area is 244 Å². The zero-order chi connectivity index (χ0) is 29.5. The lowest BCUT2D eigenvalue weighted by Gasteiger charge is -2.25. The van der Waals surface area contributed by atoms with E-state index in [1.54, 1.807) is 51.1 Å². The molecule has 0 radical (unpaired) electrons. The van der Waals surface area contributed by atoms with Gasteiger partial charge in [-0.05, 0) is 101 Å². The van der Waals surface area contributed by atoms with Gasteiger partial charge in [0, 0.05) is 46.1 Å². The fourth-order valence-corrected chi connectivity index (χ4v) is 5.34. The lowest BCUT2D eigenvalue weighted by molar-refractivity contribution is 0.0784. The summed E-state index contributed by atoms with van der Waals surface area (Å²) in [5.41, 5.74) is 15.4. The second-order valence-corrected chi connectivity index (χ2v) is 12.0. The molecule has 1 unspecified atom stereocenters. The lowest BCUT2D eigenvalue weighted by atomic mass is 9.91. The average molecular weight is 579 g/mol. The minimum absolute atomic E-state index is 0.113. The van der Waals surface area contributed by atoms with E-state index in [4.69, 9.17) is 32.8 Å². The number of aliphatic hydroxyl groups is 1. The maximum absolute atomic E-state index is 13.7. The molecular formula is C32H36ClFN4O3. The molecule has 9 heteroatoms. The van der Waals surface area contributed by atoms with E-state index in [0.29, 0.717) is 68.3 Å². The van der Waals surface area contributed by atoms with Gasteiger partial charge in [0.2, 0.25) is 0 Å². The molecule has 5 rings (SSSR count). The number of anilines is 1. The molecule has 41 heavy (non-hydrogen) atoms. The van der Waals surface area contributed by atoms with E-state index < -0.39 is 5.60 Å². The van der Waals surface area contributed by atoms with Crippen molar-refractivity contribution in [2.75, 3.05) is 12.3 Å². The highest BCUT2D eigenvalue weighted by Crippen LogP contribution is 2.45. The summed E-state index contributed by atoms with van der Waals surface area (Å²) in [6.07, 6.45) is 5.76. The molecule has 7 nitrogen and oxygen atoms in total. The number of halogens is 2. The van der Waals surface area contributed by atoms with Gasteiger partial charge < -0.3 is 26.6 Å². The standard InChI is InChI=1S/C32H36ClFN4O3/c1-17(35)12-20-13-21(14-27(29(20)36)41-23-10-11-23)31(39)37-16-24(18-4-5-18)26-15-25(32(2,3)40)28(33)30(38-26)19-6-8-22(34)9-7-19/h6-9,12-15,18,23-24,40H,4-5,10-11,16,35-36H2,1-3H3,(H,37,39)/b17-12-. The van der Waals surface area contributed by atoms with Gasteiger partial charge in [0.25, 0.3) is 5.91 Å². The number of carbonyl (C=O) groups is 1. The SMILES string of the molecule is C/C(N)=C/c1cc(C(=O)NCC(c2cc(C(C)(C)O)c(Cl)c(-c3ccc(F)cc3)n2)C2CC2)cc(OC2CC2)c1N. The van der Waals surface area contributed by atoms with E-state index in [-0.39, 0.29) is 23.7 Å². The van der Waals surface area contributed by atoms with Crippen molar-refractivity contribution in [1.82, 2.24) is 10.3 Å². The van der Waals surface area contributed by atoms with Crippen molar-refractivity contribution in [2.45, 2.75) is 64.1 Å². The van der Waals surface area contributed by atoms with Crippen LogP contribution in [0.2, 0.25) is 5.02 Å². The van der Waals surface area contributed by atoms with Gasteiger partial charge >= 0.3 is 0 Å². The topological polar surface area (TPSA) is 123 Å². The molecule has 1 amide bonds. The van der Waals surface area contributed by atoms with Crippen molar-refractivity contribution in [2.24, 2.45) is 11.7 Å². The number of hydrogen-bond donors (Lipinski definition) is 4. The van der Waals surface area contributed by atoms with Crippen LogP contribution in [0, 0.1) is 11.7 Å². The zero-order valence-electron chi connectivity index (χ0n) is 23.5.